The van der Waals surface area contributed by atoms with Crippen molar-refractivity contribution >= 4 is 21.0 Å². The van der Waals surface area contributed by atoms with Crippen LogP contribution in [0, 0.1) is 0 Å². The quantitative estimate of drug-likeness (QED) is 0.588. The molecule has 13 heavy (non-hydrogen) atoms. The highest BCUT2D eigenvalue weighted by atomic mass is 28.1. The van der Waals surface area contributed by atoms with Crippen molar-refractivity contribution in [3.05, 3.63) is 35.9 Å². The first-order valence-electron chi connectivity index (χ1n) is 5.12. The Balaban J connectivity index is 2.24. The number of rotatable bonds is 1. The topological polar surface area (TPSA) is 0 Å². The molecule has 0 saturated carbocycles. The third-order valence-corrected chi connectivity index (χ3v) is 3.38. The van der Waals surface area contributed by atoms with Crippen LogP contribution in [0.15, 0.2) is 30.3 Å². The number of allylic oxidation sites excluding steroid dienone is 2. The molecule has 1 aliphatic rings. The maximum Gasteiger partial charge on any atom is 0.0384 e. The van der Waals surface area contributed by atoms with Gasteiger partial charge in [0.05, 0.1) is 0 Å². The van der Waals surface area contributed by atoms with E-state index in [0.29, 0.717) is 0 Å². The number of hydrogen-bond acceptors (Lipinski definition) is 0. The van der Waals surface area contributed by atoms with Crippen molar-refractivity contribution in [2.24, 2.45) is 0 Å². The lowest BCUT2D eigenvalue weighted by molar-refractivity contribution is 0.742. The van der Waals surface area contributed by atoms with E-state index in [1.54, 1.807) is 5.57 Å². The van der Waals surface area contributed by atoms with Gasteiger partial charge in [-0.3, -0.25) is 0 Å². The molecule has 1 aromatic carbocycles. The first-order valence-corrected chi connectivity index (χ1v) is 6.12. The van der Waals surface area contributed by atoms with Crippen molar-refractivity contribution in [2.45, 2.75) is 25.7 Å². The van der Waals surface area contributed by atoms with E-state index in [1.807, 2.05) is 0 Å². The zero-order chi connectivity index (χ0) is 9.10. The maximum atomic E-state index is 2.41. The van der Waals surface area contributed by atoms with Gasteiger partial charge in [-0.25, -0.2) is 0 Å². The second-order valence-corrected chi connectivity index (χ2v) is 5.00. The molecular formula is C12H16Si. The predicted molar refractivity (Wildman–Crippen MR) is 62.5 cm³/mol. The van der Waals surface area contributed by atoms with E-state index in [1.165, 1.54) is 46.7 Å². The van der Waals surface area contributed by atoms with E-state index in [4.69, 9.17) is 0 Å². The lowest BCUT2D eigenvalue weighted by Crippen LogP contribution is -2.01. The van der Waals surface area contributed by atoms with Crippen LogP contribution in [-0.2, 0) is 0 Å². The van der Waals surface area contributed by atoms with Gasteiger partial charge in [0.15, 0.2) is 0 Å². The molecule has 0 fully saturated rings. The van der Waals surface area contributed by atoms with Crippen LogP contribution < -0.4 is 5.19 Å². The molecule has 0 aromatic heterocycles. The molecule has 1 heteroatoms. The van der Waals surface area contributed by atoms with E-state index in [-0.39, 0.29) is 0 Å². The van der Waals surface area contributed by atoms with Crippen molar-refractivity contribution in [1.82, 2.24) is 0 Å². The minimum Gasteiger partial charge on any atom is -0.0807 e. The summed E-state index contributed by atoms with van der Waals surface area (Å²) in [6, 6.07) is 9.08. The van der Waals surface area contributed by atoms with Crippen LogP contribution >= 0.6 is 0 Å². The van der Waals surface area contributed by atoms with Gasteiger partial charge >= 0.3 is 0 Å². The first kappa shape index (κ1) is 8.76. The highest BCUT2D eigenvalue weighted by molar-refractivity contribution is 6.32. The largest absolute Gasteiger partial charge is 0.0807 e. The SMILES string of the molecule is [SiH3]c1ccc(C2=CCCCC2)cc1. The normalized spacial score (nSPS) is 17.1. The molecule has 0 amide bonds. The molecule has 1 aromatic rings. The fourth-order valence-corrected chi connectivity index (χ4v) is 2.20. The first-order chi connectivity index (χ1) is 6.36. The van der Waals surface area contributed by atoms with Gasteiger partial charge in [0.1, 0.15) is 0 Å². The summed E-state index contributed by atoms with van der Waals surface area (Å²) in [5, 5.41) is 1.49. The molecule has 0 aliphatic heterocycles. The molecular weight excluding hydrogens is 172 g/mol. The van der Waals surface area contributed by atoms with Crippen LogP contribution in [0.3, 0.4) is 0 Å². The highest BCUT2D eigenvalue weighted by Crippen LogP contribution is 2.25. The molecule has 0 bridgehead atoms. The van der Waals surface area contributed by atoms with Crippen molar-refractivity contribution in [3.63, 3.8) is 0 Å². The van der Waals surface area contributed by atoms with Crippen LogP contribution in [-0.4, -0.2) is 10.2 Å². The zero-order valence-corrected chi connectivity index (χ0v) is 10.2. The van der Waals surface area contributed by atoms with Crippen LogP contribution in [0.25, 0.3) is 5.57 Å². The second-order valence-electron chi connectivity index (χ2n) is 3.84. The van der Waals surface area contributed by atoms with Crippen molar-refractivity contribution in [3.8, 4) is 0 Å². The third kappa shape index (κ3) is 2.10. The van der Waals surface area contributed by atoms with Gasteiger partial charge in [-0.15, -0.1) is 0 Å². The minimum absolute atomic E-state index is 1.17. The van der Waals surface area contributed by atoms with Crippen LogP contribution in [0.1, 0.15) is 31.2 Å². The summed E-state index contributed by atoms with van der Waals surface area (Å²) in [6.45, 7) is 0. The third-order valence-electron chi connectivity index (χ3n) is 2.71. The molecule has 0 radical (unpaired) electrons. The fourth-order valence-electron chi connectivity index (χ4n) is 1.87. The molecule has 0 heterocycles. The van der Waals surface area contributed by atoms with Crippen molar-refractivity contribution in [1.29, 1.82) is 0 Å². The Bertz CT molecular complexity index is 308. The van der Waals surface area contributed by atoms with E-state index >= 15 is 0 Å². The van der Waals surface area contributed by atoms with Gasteiger partial charge in [0.25, 0.3) is 0 Å². The molecule has 68 valence electrons. The van der Waals surface area contributed by atoms with E-state index in [0.717, 1.165) is 0 Å². The summed E-state index contributed by atoms with van der Waals surface area (Å²) in [4.78, 5) is 0. The molecule has 1 aliphatic carbocycles. The zero-order valence-electron chi connectivity index (χ0n) is 8.22. The Morgan fingerprint density at radius 3 is 2.38 bits per heavy atom. The van der Waals surface area contributed by atoms with Gasteiger partial charge < -0.3 is 0 Å². The number of hydrogen-bond donors (Lipinski definition) is 0. The van der Waals surface area contributed by atoms with Gasteiger partial charge in [0.2, 0.25) is 0 Å². The maximum absolute atomic E-state index is 2.41. The Kier molecular flexibility index (Phi) is 2.64. The molecule has 0 nitrogen and oxygen atoms in total. The molecule has 0 atom stereocenters. The minimum atomic E-state index is 1.17. The second kappa shape index (κ2) is 3.92. The average molecular weight is 188 g/mol. The van der Waals surface area contributed by atoms with Crippen LogP contribution in [0.4, 0.5) is 0 Å². The Morgan fingerprint density at radius 2 is 1.77 bits per heavy atom. The smallest absolute Gasteiger partial charge is 0.0384 e. The summed E-state index contributed by atoms with van der Waals surface area (Å²) < 4.78 is 0. The Morgan fingerprint density at radius 1 is 1.00 bits per heavy atom. The monoisotopic (exact) mass is 188 g/mol. The van der Waals surface area contributed by atoms with E-state index < -0.39 is 0 Å². The summed E-state index contributed by atoms with van der Waals surface area (Å²) in [7, 11) is 1.17. The summed E-state index contributed by atoms with van der Waals surface area (Å²) in [6.07, 6.45) is 7.71. The molecule has 0 spiro atoms. The lowest BCUT2D eigenvalue weighted by Gasteiger charge is -2.12. The Hall–Kier alpha value is -0.823. The van der Waals surface area contributed by atoms with Crippen LogP contribution in [0.5, 0.6) is 0 Å². The molecule has 2 rings (SSSR count). The van der Waals surface area contributed by atoms with Gasteiger partial charge in [-0.1, -0.05) is 35.5 Å². The standard InChI is InChI=1S/C12H16Si/c13-12-8-6-11(7-9-12)10-4-2-1-3-5-10/h4,6-9H,1-3,5H2,13H3. The summed E-state index contributed by atoms with van der Waals surface area (Å²) in [5.41, 5.74) is 3.01. The lowest BCUT2D eigenvalue weighted by atomic mass is 9.94. The number of benzene rings is 1. The van der Waals surface area contributed by atoms with Crippen molar-refractivity contribution in [2.75, 3.05) is 0 Å². The highest BCUT2D eigenvalue weighted by Gasteiger charge is 2.04. The average Bonchev–Trinajstić information content (AvgIpc) is 2.20. The van der Waals surface area contributed by atoms with Crippen LogP contribution in [0.2, 0.25) is 0 Å². The predicted octanol–water partition coefficient (Wildman–Crippen LogP) is 1.63. The molecule has 0 N–H and O–H groups in total. The molecule has 0 unspecified atom stereocenters. The summed E-state index contributed by atoms with van der Waals surface area (Å²) >= 11 is 0. The Labute approximate surface area is 83.1 Å². The van der Waals surface area contributed by atoms with Crippen molar-refractivity contribution < 1.29 is 0 Å². The van der Waals surface area contributed by atoms with Gasteiger partial charge in [0, 0.05) is 10.2 Å². The van der Waals surface area contributed by atoms with E-state index in [9.17, 15) is 0 Å². The fraction of sp³-hybridized carbons (Fsp3) is 0.333. The van der Waals surface area contributed by atoms with Gasteiger partial charge in [-0.2, -0.15) is 0 Å². The summed E-state index contributed by atoms with van der Waals surface area (Å²) in [5.74, 6) is 0. The molecule has 0 saturated heterocycles. The van der Waals surface area contributed by atoms with Gasteiger partial charge in [-0.05, 0) is 36.8 Å². The van der Waals surface area contributed by atoms with E-state index in [2.05, 4.69) is 30.3 Å².